The fraction of sp³-hybridized carbons (Fsp3) is 0.333. The molecule has 2 aromatic rings. The highest BCUT2D eigenvalue weighted by atomic mass is 32.1. The topological polar surface area (TPSA) is 49.9 Å². The zero-order valence-electron chi connectivity index (χ0n) is 13.8. The van der Waals surface area contributed by atoms with Crippen LogP contribution in [0.2, 0.25) is 0 Å². The second-order valence-corrected chi connectivity index (χ2v) is 6.54. The van der Waals surface area contributed by atoms with E-state index < -0.39 is 6.04 Å². The average Bonchev–Trinajstić information content (AvgIpc) is 3.10. The summed E-state index contributed by atoms with van der Waals surface area (Å²) in [5.41, 5.74) is 1.83. The molecule has 126 valence electrons. The molecule has 0 saturated carbocycles. The highest BCUT2D eigenvalue weighted by molar-refractivity contribution is 7.08. The van der Waals surface area contributed by atoms with Crippen molar-refractivity contribution in [2.75, 3.05) is 25.1 Å². The summed E-state index contributed by atoms with van der Waals surface area (Å²) in [7, 11) is 1.61. The van der Waals surface area contributed by atoms with Crippen LogP contribution >= 0.6 is 11.3 Å². The number of carbonyl (C=O) groups is 2. The predicted molar refractivity (Wildman–Crippen MR) is 94.5 cm³/mol. The van der Waals surface area contributed by atoms with E-state index >= 15 is 0 Å². The summed E-state index contributed by atoms with van der Waals surface area (Å²) in [6.07, 6.45) is 0.351. The van der Waals surface area contributed by atoms with Gasteiger partial charge in [0.1, 0.15) is 11.8 Å². The van der Waals surface area contributed by atoms with Crippen molar-refractivity contribution in [1.82, 2.24) is 4.90 Å². The molecule has 2 amide bonds. The predicted octanol–water partition coefficient (Wildman–Crippen LogP) is 2.56. The molecular weight excluding hydrogens is 324 g/mol. The van der Waals surface area contributed by atoms with E-state index in [1.807, 2.05) is 41.1 Å². The smallest absolute Gasteiger partial charge is 0.249 e. The maximum atomic E-state index is 12.7. The lowest BCUT2D eigenvalue weighted by Gasteiger charge is -2.39. The molecule has 1 saturated heterocycles. The Morgan fingerprint density at radius 1 is 1.25 bits per heavy atom. The lowest BCUT2D eigenvalue weighted by atomic mass is 10.1. The van der Waals surface area contributed by atoms with Crippen molar-refractivity contribution in [2.45, 2.75) is 19.4 Å². The van der Waals surface area contributed by atoms with Gasteiger partial charge >= 0.3 is 0 Å². The van der Waals surface area contributed by atoms with Crippen molar-refractivity contribution in [3.05, 3.63) is 46.7 Å². The number of nitrogens with zero attached hydrogens (tertiary/aromatic N) is 2. The summed E-state index contributed by atoms with van der Waals surface area (Å²) in [6, 6.07) is 8.90. The van der Waals surface area contributed by atoms with Gasteiger partial charge in [0, 0.05) is 18.8 Å². The summed E-state index contributed by atoms with van der Waals surface area (Å²) in [5.74, 6) is 0.706. The van der Waals surface area contributed by atoms with Gasteiger partial charge in [0.25, 0.3) is 0 Å². The second-order valence-electron chi connectivity index (χ2n) is 5.76. The molecule has 0 N–H and O–H groups in total. The number of hydrogen-bond donors (Lipinski definition) is 0. The number of thiophene rings is 1. The van der Waals surface area contributed by atoms with E-state index in [-0.39, 0.29) is 11.8 Å². The summed E-state index contributed by atoms with van der Waals surface area (Å²) in [4.78, 5) is 28.6. The highest BCUT2D eigenvalue weighted by Crippen LogP contribution is 2.23. The second kappa shape index (κ2) is 7.05. The zero-order chi connectivity index (χ0) is 17.1. The van der Waals surface area contributed by atoms with Gasteiger partial charge in [-0.2, -0.15) is 11.3 Å². The van der Waals surface area contributed by atoms with Gasteiger partial charge < -0.3 is 14.5 Å². The first kappa shape index (κ1) is 16.5. The fourth-order valence-corrected chi connectivity index (χ4v) is 3.57. The first-order valence-electron chi connectivity index (χ1n) is 7.86. The van der Waals surface area contributed by atoms with E-state index in [2.05, 4.69) is 0 Å². The maximum Gasteiger partial charge on any atom is 0.249 e. The lowest BCUT2D eigenvalue weighted by Crippen LogP contribution is -2.58. The van der Waals surface area contributed by atoms with Gasteiger partial charge in [-0.1, -0.05) is 0 Å². The van der Waals surface area contributed by atoms with Crippen molar-refractivity contribution >= 4 is 28.8 Å². The molecule has 1 aliphatic rings. The highest BCUT2D eigenvalue weighted by Gasteiger charge is 2.34. The molecule has 0 unspecified atom stereocenters. The Morgan fingerprint density at radius 2 is 2.00 bits per heavy atom. The first-order valence-corrected chi connectivity index (χ1v) is 8.80. The summed E-state index contributed by atoms with van der Waals surface area (Å²) in [5, 5.41) is 3.93. The molecule has 0 spiro atoms. The van der Waals surface area contributed by atoms with E-state index in [1.165, 1.54) is 0 Å². The lowest BCUT2D eigenvalue weighted by molar-refractivity contribution is -0.140. The molecule has 1 aliphatic heterocycles. The van der Waals surface area contributed by atoms with Crippen molar-refractivity contribution in [3.8, 4) is 5.75 Å². The van der Waals surface area contributed by atoms with Crippen LogP contribution < -0.4 is 9.64 Å². The summed E-state index contributed by atoms with van der Waals surface area (Å²) >= 11 is 1.57. The van der Waals surface area contributed by atoms with Gasteiger partial charge in [-0.05, 0) is 53.6 Å². The number of carbonyl (C=O) groups excluding carboxylic acids is 2. The van der Waals surface area contributed by atoms with Crippen LogP contribution in [0.3, 0.4) is 0 Å². The molecule has 3 rings (SSSR count). The number of hydrogen-bond acceptors (Lipinski definition) is 4. The van der Waals surface area contributed by atoms with Gasteiger partial charge in [-0.25, -0.2) is 0 Å². The number of ether oxygens (including phenoxy) is 1. The molecule has 0 bridgehead atoms. The Labute approximate surface area is 145 Å². The average molecular weight is 344 g/mol. The fourth-order valence-electron chi connectivity index (χ4n) is 2.90. The third kappa shape index (κ3) is 3.28. The Balaban J connectivity index is 1.69. The van der Waals surface area contributed by atoms with Gasteiger partial charge in [0.05, 0.1) is 13.5 Å². The van der Waals surface area contributed by atoms with E-state index in [1.54, 1.807) is 35.2 Å². The number of rotatable bonds is 4. The molecule has 24 heavy (non-hydrogen) atoms. The molecule has 2 heterocycles. The van der Waals surface area contributed by atoms with Gasteiger partial charge in [0.2, 0.25) is 11.8 Å². The SMILES string of the molecule is COc1ccc(N2CCN(C(=O)Cc3ccsc3)[C@@H](C)C2=O)cc1. The molecule has 1 fully saturated rings. The van der Waals surface area contributed by atoms with E-state index in [4.69, 9.17) is 4.74 Å². The molecule has 6 heteroatoms. The molecule has 1 aromatic heterocycles. The standard InChI is InChI=1S/C18H20N2O3S/c1-13-18(22)20(15-3-5-16(23-2)6-4-15)9-8-19(13)17(21)11-14-7-10-24-12-14/h3-7,10,12-13H,8-9,11H2,1-2H3/t13-/m0/s1. The van der Waals surface area contributed by atoms with Crippen molar-refractivity contribution < 1.29 is 14.3 Å². The number of anilines is 1. The molecule has 5 nitrogen and oxygen atoms in total. The minimum Gasteiger partial charge on any atom is -0.497 e. The number of benzene rings is 1. The number of amides is 2. The van der Waals surface area contributed by atoms with Gasteiger partial charge in [0.15, 0.2) is 0 Å². The van der Waals surface area contributed by atoms with Crippen LogP contribution in [0.25, 0.3) is 0 Å². The Hall–Kier alpha value is -2.34. The Kier molecular flexibility index (Phi) is 4.85. The number of piperazine rings is 1. The van der Waals surface area contributed by atoms with Gasteiger partial charge in [-0.3, -0.25) is 9.59 Å². The minimum atomic E-state index is -0.452. The monoisotopic (exact) mass is 344 g/mol. The van der Waals surface area contributed by atoms with Crippen molar-refractivity contribution in [3.63, 3.8) is 0 Å². The van der Waals surface area contributed by atoms with E-state index in [0.29, 0.717) is 19.5 Å². The van der Waals surface area contributed by atoms with Crippen LogP contribution in [0.5, 0.6) is 5.75 Å². The summed E-state index contributed by atoms with van der Waals surface area (Å²) in [6.45, 7) is 2.84. The number of methoxy groups -OCH3 is 1. The van der Waals surface area contributed by atoms with Crippen LogP contribution in [0.15, 0.2) is 41.1 Å². The Morgan fingerprint density at radius 3 is 2.62 bits per heavy atom. The van der Waals surface area contributed by atoms with E-state index in [9.17, 15) is 9.59 Å². The maximum absolute atomic E-state index is 12.7. The van der Waals surface area contributed by atoms with Crippen molar-refractivity contribution in [1.29, 1.82) is 0 Å². The molecule has 1 atom stereocenters. The third-order valence-electron chi connectivity index (χ3n) is 4.30. The van der Waals surface area contributed by atoms with Crippen LogP contribution in [-0.4, -0.2) is 43.0 Å². The largest absolute Gasteiger partial charge is 0.497 e. The van der Waals surface area contributed by atoms with Crippen LogP contribution in [0.1, 0.15) is 12.5 Å². The van der Waals surface area contributed by atoms with Crippen LogP contribution in [-0.2, 0) is 16.0 Å². The summed E-state index contributed by atoms with van der Waals surface area (Å²) < 4.78 is 5.15. The molecule has 1 aromatic carbocycles. The van der Waals surface area contributed by atoms with Crippen molar-refractivity contribution in [2.24, 2.45) is 0 Å². The minimum absolute atomic E-state index is 0.00336. The Bertz CT molecular complexity index is 712. The normalized spacial score (nSPS) is 17.9. The molecular formula is C18H20N2O3S. The van der Waals surface area contributed by atoms with E-state index in [0.717, 1.165) is 17.0 Å². The molecule has 0 aliphatic carbocycles. The quantitative estimate of drug-likeness (QED) is 0.856. The third-order valence-corrected chi connectivity index (χ3v) is 5.03. The first-order chi connectivity index (χ1) is 11.6. The molecule has 0 radical (unpaired) electrons. The van der Waals surface area contributed by atoms with Gasteiger partial charge in [-0.15, -0.1) is 0 Å². The zero-order valence-corrected chi connectivity index (χ0v) is 14.6. The van der Waals surface area contributed by atoms with Crippen LogP contribution in [0.4, 0.5) is 5.69 Å². The van der Waals surface area contributed by atoms with Crippen LogP contribution in [0, 0.1) is 0 Å².